The summed E-state index contributed by atoms with van der Waals surface area (Å²) in [6.45, 7) is 2.46. The van der Waals surface area contributed by atoms with Gasteiger partial charge in [-0.15, -0.1) is 0 Å². The molecule has 26 heavy (non-hydrogen) atoms. The van der Waals surface area contributed by atoms with Gasteiger partial charge < -0.3 is 18.9 Å². The summed E-state index contributed by atoms with van der Waals surface area (Å²) in [7, 11) is 1.64. The summed E-state index contributed by atoms with van der Waals surface area (Å²) in [5.41, 5.74) is 1.93. The first-order chi connectivity index (χ1) is 12.7. The molecular weight excluding hydrogens is 398 g/mol. The molecule has 6 nitrogen and oxygen atoms in total. The molecule has 138 valence electrons. The van der Waals surface area contributed by atoms with Gasteiger partial charge in [-0.3, -0.25) is 4.79 Å². The second-order valence-electron chi connectivity index (χ2n) is 6.09. The second kappa shape index (κ2) is 9.00. The number of carbonyl (C=O) groups is 1. The third-order valence-electron chi connectivity index (χ3n) is 4.29. The number of aromatic nitrogens is 2. The maximum absolute atomic E-state index is 12.8. The van der Waals surface area contributed by atoms with Crippen LogP contribution >= 0.6 is 15.9 Å². The zero-order chi connectivity index (χ0) is 18.4. The van der Waals surface area contributed by atoms with Crippen LogP contribution in [0, 0.1) is 0 Å². The largest absolute Gasteiger partial charge is 0.497 e. The zero-order valence-electron chi connectivity index (χ0n) is 14.7. The highest BCUT2D eigenvalue weighted by Crippen LogP contribution is 2.17. The Bertz CT molecular complexity index is 758. The van der Waals surface area contributed by atoms with Gasteiger partial charge in [0.1, 0.15) is 11.9 Å². The Labute approximate surface area is 161 Å². The number of carbonyl (C=O) groups excluding carboxylic acids is 1. The van der Waals surface area contributed by atoms with Crippen molar-refractivity contribution in [2.45, 2.75) is 25.6 Å². The zero-order valence-corrected chi connectivity index (χ0v) is 16.3. The quantitative estimate of drug-likeness (QED) is 0.692. The first kappa shape index (κ1) is 18.7. The van der Waals surface area contributed by atoms with Gasteiger partial charge in [0.05, 0.1) is 25.7 Å². The van der Waals surface area contributed by atoms with Gasteiger partial charge >= 0.3 is 0 Å². The number of amides is 1. The molecule has 2 heterocycles. The van der Waals surface area contributed by atoms with Crippen molar-refractivity contribution in [2.24, 2.45) is 0 Å². The van der Waals surface area contributed by atoms with Crippen LogP contribution in [0.1, 0.15) is 11.3 Å². The minimum Gasteiger partial charge on any atom is -0.497 e. The van der Waals surface area contributed by atoms with Crippen molar-refractivity contribution in [2.75, 3.05) is 20.3 Å². The molecule has 0 spiro atoms. The number of halogens is 1. The molecule has 0 saturated carbocycles. The molecule has 1 aliphatic heterocycles. The molecule has 0 aliphatic carbocycles. The summed E-state index contributed by atoms with van der Waals surface area (Å²) < 4.78 is 12.8. The number of nitrogens with zero attached hydrogens (tertiary/aromatic N) is 3. The molecule has 0 bridgehead atoms. The van der Waals surface area contributed by atoms with Crippen molar-refractivity contribution in [1.82, 2.24) is 14.5 Å². The number of hydrogen-bond donors (Lipinski definition) is 0. The third-order valence-corrected chi connectivity index (χ3v) is 4.66. The van der Waals surface area contributed by atoms with Crippen molar-refractivity contribution in [3.8, 4) is 5.75 Å². The van der Waals surface area contributed by atoms with E-state index >= 15 is 0 Å². The molecule has 1 aromatic heterocycles. The van der Waals surface area contributed by atoms with Crippen LogP contribution < -0.4 is 4.74 Å². The van der Waals surface area contributed by atoms with Gasteiger partial charge in [0.15, 0.2) is 0 Å². The number of methoxy groups -OCH3 is 1. The van der Waals surface area contributed by atoms with Crippen molar-refractivity contribution in [3.63, 3.8) is 0 Å². The summed E-state index contributed by atoms with van der Waals surface area (Å²) in [4.78, 5) is 20.8. The van der Waals surface area contributed by atoms with Gasteiger partial charge in [-0.2, -0.15) is 0 Å². The van der Waals surface area contributed by atoms with Crippen LogP contribution in [0.4, 0.5) is 0 Å². The number of benzene rings is 1. The number of ether oxygens (including phenoxy) is 2. The number of allylic oxidation sites excluding steroid dienone is 1. The van der Waals surface area contributed by atoms with Gasteiger partial charge in [0, 0.05) is 32.3 Å². The lowest BCUT2D eigenvalue weighted by atomic mass is 10.1. The van der Waals surface area contributed by atoms with E-state index in [1.165, 1.54) is 0 Å². The Hall–Kier alpha value is -2.12. The average Bonchev–Trinajstić information content (AvgIpc) is 3.11. The smallest absolute Gasteiger partial charge is 0.252 e. The van der Waals surface area contributed by atoms with Gasteiger partial charge in [-0.1, -0.05) is 34.1 Å². The summed E-state index contributed by atoms with van der Waals surface area (Å²) in [6.07, 6.45) is 5.71. The van der Waals surface area contributed by atoms with E-state index in [0.29, 0.717) is 26.1 Å². The molecule has 2 aromatic rings. The monoisotopic (exact) mass is 419 g/mol. The molecule has 1 fully saturated rings. The fourth-order valence-electron chi connectivity index (χ4n) is 2.91. The first-order valence-electron chi connectivity index (χ1n) is 8.49. The summed E-state index contributed by atoms with van der Waals surface area (Å²) in [6, 6.07) is 7.78. The first-order valence-corrected chi connectivity index (χ1v) is 9.40. The molecule has 0 radical (unpaired) electrons. The predicted octanol–water partition coefficient (Wildman–Crippen LogP) is 2.77. The highest BCUT2D eigenvalue weighted by Gasteiger charge is 2.30. The van der Waals surface area contributed by atoms with E-state index in [2.05, 4.69) is 20.9 Å². The number of imidazole rings is 1. The molecule has 1 amide bonds. The van der Waals surface area contributed by atoms with E-state index < -0.39 is 6.10 Å². The standard InChI is InChI=1S/C19H22BrN3O3/c1-25-17-5-3-15(4-6-17)12-23-9-10-26-18(19(23)24)11-16-13-22(14-21-16)8-2-7-20/h2-7,13-14,18H,8-12H2,1H3/b7-2-/t18-/m0/s1. The van der Waals surface area contributed by atoms with E-state index in [-0.39, 0.29) is 5.91 Å². The highest BCUT2D eigenvalue weighted by atomic mass is 79.9. The van der Waals surface area contributed by atoms with Crippen LogP contribution in [0.5, 0.6) is 5.75 Å². The van der Waals surface area contributed by atoms with Crippen LogP contribution in [0.3, 0.4) is 0 Å². The lowest BCUT2D eigenvalue weighted by Crippen LogP contribution is -2.48. The molecule has 3 rings (SSSR count). The van der Waals surface area contributed by atoms with E-state index in [1.807, 2.05) is 51.0 Å². The summed E-state index contributed by atoms with van der Waals surface area (Å²) in [5.74, 6) is 0.826. The molecule has 7 heteroatoms. The van der Waals surface area contributed by atoms with Crippen LogP contribution in [0.15, 0.2) is 47.9 Å². The Morgan fingerprint density at radius 2 is 2.19 bits per heavy atom. The van der Waals surface area contributed by atoms with E-state index in [4.69, 9.17) is 9.47 Å². The van der Waals surface area contributed by atoms with Crippen LogP contribution in [-0.4, -0.2) is 46.7 Å². The second-order valence-corrected chi connectivity index (χ2v) is 6.62. The maximum atomic E-state index is 12.8. The fourth-order valence-corrected chi connectivity index (χ4v) is 3.08. The minimum atomic E-state index is -0.475. The van der Waals surface area contributed by atoms with Gasteiger partial charge in [0.2, 0.25) is 0 Å². The normalized spacial score (nSPS) is 17.8. The van der Waals surface area contributed by atoms with Crippen molar-refractivity contribution in [1.29, 1.82) is 0 Å². The molecule has 0 unspecified atom stereocenters. The minimum absolute atomic E-state index is 0.0157. The molecule has 1 atom stereocenters. The van der Waals surface area contributed by atoms with Gasteiger partial charge in [-0.25, -0.2) is 4.98 Å². The van der Waals surface area contributed by atoms with Crippen molar-refractivity contribution < 1.29 is 14.3 Å². The molecular formula is C19H22BrN3O3. The Morgan fingerprint density at radius 1 is 1.38 bits per heavy atom. The van der Waals surface area contributed by atoms with Gasteiger partial charge in [0.25, 0.3) is 5.91 Å². The number of rotatable bonds is 7. The lowest BCUT2D eigenvalue weighted by molar-refractivity contribution is -0.153. The van der Waals surface area contributed by atoms with Crippen molar-refractivity contribution >= 4 is 21.8 Å². The number of morpholine rings is 1. The van der Waals surface area contributed by atoms with Crippen LogP contribution in [-0.2, 0) is 29.0 Å². The molecule has 1 saturated heterocycles. The molecule has 0 N–H and O–H groups in total. The lowest BCUT2D eigenvalue weighted by Gasteiger charge is -2.32. The van der Waals surface area contributed by atoms with Crippen molar-refractivity contribution in [3.05, 3.63) is 59.1 Å². The van der Waals surface area contributed by atoms with Crippen LogP contribution in [0.2, 0.25) is 0 Å². The summed E-state index contributed by atoms with van der Waals surface area (Å²) >= 11 is 3.25. The SMILES string of the molecule is COc1ccc(CN2CCO[C@@H](Cc3cn(C/C=C\Br)cn3)C2=O)cc1. The average molecular weight is 420 g/mol. The van der Waals surface area contributed by atoms with E-state index in [1.54, 1.807) is 13.4 Å². The molecule has 1 aliphatic rings. The topological polar surface area (TPSA) is 56.6 Å². The highest BCUT2D eigenvalue weighted by molar-refractivity contribution is 9.11. The Kier molecular flexibility index (Phi) is 6.46. The summed E-state index contributed by atoms with van der Waals surface area (Å²) in [5, 5.41) is 0. The Morgan fingerprint density at radius 3 is 2.92 bits per heavy atom. The van der Waals surface area contributed by atoms with E-state index in [9.17, 15) is 4.79 Å². The van der Waals surface area contributed by atoms with Gasteiger partial charge in [-0.05, 0) is 22.7 Å². The fraction of sp³-hybridized carbons (Fsp3) is 0.368. The number of hydrogen-bond acceptors (Lipinski definition) is 4. The Balaban J connectivity index is 1.60. The van der Waals surface area contributed by atoms with Crippen LogP contribution in [0.25, 0.3) is 0 Å². The molecule has 1 aromatic carbocycles. The van der Waals surface area contributed by atoms with E-state index in [0.717, 1.165) is 23.6 Å². The maximum Gasteiger partial charge on any atom is 0.252 e. The third kappa shape index (κ3) is 4.74. The predicted molar refractivity (Wildman–Crippen MR) is 102 cm³/mol.